The van der Waals surface area contributed by atoms with Crippen molar-refractivity contribution in [2.45, 2.75) is 12.8 Å². The lowest BCUT2D eigenvalue weighted by atomic mass is 10.1. The molecule has 0 aromatic heterocycles. The highest BCUT2D eigenvalue weighted by molar-refractivity contribution is 5.96. The number of hydrogen-bond donors (Lipinski definition) is 1. The van der Waals surface area contributed by atoms with Gasteiger partial charge < -0.3 is 14.4 Å². The lowest BCUT2D eigenvalue weighted by molar-refractivity contribution is -0.121. The van der Waals surface area contributed by atoms with Crippen LogP contribution in [0, 0.1) is 0 Å². The molecule has 0 unspecified atom stereocenters. The fourth-order valence-electron chi connectivity index (χ4n) is 2.32. The summed E-state index contributed by atoms with van der Waals surface area (Å²) in [5.74, 6) is 1.32. The van der Waals surface area contributed by atoms with Gasteiger partial charge in [0.25, 0.3) is 0 Å². The van der Waals surface area contributed by atoms with Gasteiger partial charge in [0, 0.05) is 19.5 Å². The molecule has 2 heterocycles. The molecule has 1 aromatic rings. The van der Waals surface area contributed by atoms with Gasteiger partial charge in [0.05, 0.1) is 0 Å². The summed E-state index contributed by atoms with van der Waals surface area (Å²) in [6.45, 7) is 2.20. The van der Waals surface area contributed by atoms with Gasteiger partial charge in [-0.3, -0.25) is 10.1 Å². The van der Waals surface area contributed by atoms with E-state index in [2.05, 4.69) is 5.32 Å². The zero-order chi connectivity index (χ0) is 13.9. The van der Waals surface area contributed by atoms with Crippen LogP contribution >= 0.6 is 0 Å². The third kappa shape index (κ3) is 2.68. The maximum atomic E-state index is 11.6. The van der Waals surface area contributed by atoms with Gasteiger partial charge in [0.2, 0.25) is 5.91 Å². The van der Waals surface area contributed by atoms with E-state index in [9.17, 15) is 9.59 Å². The topological polar surface area (TPSA) is 67.9 Å². The highest BCUT2D eigenvalue weighted by Gasteiger charge is 2.22. The summed E-state index contributed by atoms with van der Waals surface area (Å²) < 4.78 is 11.0. The number of benzene rings is 1. The van der Waals surface area contributed by atoms with Gasteiger partial charge in [-0.05, 0) is 24.1 Å². The van der Waals surface area contributed by atoms with Crippen LogP contribution in [0.3, 0.4) is 0 Å². The van der Waals surface area contributed by atoms with E-state index in [0.717, 1.165) is 23.5 Å². The molecule has 0 spiro atoms. The van der Waals surface area contributed by atoms with Crippen molar-refractivity contribution in [3.8, 4) is 11.5 Å². The minimum Gasteiger partial charge on any atom is -0.486 e. The van der Waals surface area contributed by atoms with Crippen molar-refractivity contribution in [2.24, 2.45) is 0 Å². The Morgan fingerprint density at radius 3 is 2.75 bits per heavy atom. The molecule has 1 fully saturated rings. The molecule has 20 heavy (non-hydrogen) atoms. The molecule has 6 nitrogen and oxygen atoms in total. The Kier molecular flexibility index (Phi) is 3.45. The first-order valence-electron chi connectivity index (χ1n) is 6.70. The van der Waals surface area contributed by atoms with Gasteiger partial charge in [-0.1, -0.05) is 6.07 Å². The maximum Gasteiger partial charge on any atom is 0.324 e. The number of hydrogen-bond acceptors (Lipinski definition) is 4. The van der Waals surface area contributed by atoms with Gasteiger partial charge in [0.15, 0.2) is 11.5 Å². The normalized spacial score (nSPS) is 17.9. The summed E-state index contributed by atoms with van der Waals surface area (Å²) in [5, 5.41) is 2.32. The summed E-state index contributed by atoms with van der Waals surface area (Å²) in [6, 6.07) is 5.50. The van der Waals surface area contributed by atoms with Crippen molar-refractivity contribution >= 4 is 11.9 Å². The second-order valence-electron chi connectivity index (χ2n) is 4.82. The predicted octanol–water partition coefficient (Wildman–Crippen LogP) is 0.942. The Labute approximate surface area is 116 Å². The Morgan fingerprint density at radius 1 is 1.15 bits per heavy atom. The summed E-state index contributed by atoms with van der Waals surface area (Å²) in [5.41, 5.74) is 1.08. The third-order valence-corrected chi connectivity index (χ3v) is 3.42. The molecule has 6 heteroatoms. The monoisotopic (exact) mass is 276 g/mol. The van der Waals surface area contributed by atoms with Crippen LogP contribution in [0.1, 0.15) is 12.0 Å². The Balaban J connectivity index is 1.61. The van der Waals surface area contributed by atoms with Crippen molar-refractivity contribution in [3.63, 3.8) is 0 Å². The SMILES string of the molecule is O=C1CCN(CCc2ccc3c(c2)OCCO3)C(=O)N1. The van der Waals surface area contributed by atoms with E-state index < -0.39 is 0 Å². The number of carbonyl (C=O) groups excluding carboxylic acids is 2. The van der Waals surface area contributed by atoms with Crippen LogP contribution < -0.4 is 14.8 Å². The summed E-state index contributed by atoms with van der Waals surface area (Å²) in [7, 11) is 0. The lowest BCUT2D eigenvalue weighted by Gasteiger charge is -2.26. The summed E-state index contributed by atoms with van der Waals surface area (Å²) >= 11 is 0. The first kappa shape index (κ1) is 12.8. The molecule has 0 radical (unpaired) electrons. The summed E-state index contributed by atoms with van der Waals surface area (Å²) in [4.78, 5) is 24.3. The zero-order valence-corrected chi connectivity index (χ0v) is 11.1. The van der Waals surface area contributed by atoms with Crippen LogP contribution in [-0.4, -0.2) is 43.1 Å². The van der Waals surface area contributed by atoms with Crippen LogP contribution in [0.4, 0.5) is 4.79 Å². The first-order chi connectivity index (χ1) is 9.72. The number of ether oxygens (including phenoxy) is 2. The van der Waals surface area contributed by atoms with E-state index >= 15 is 0 Å². The molecule has 2 aliphatic heterocycles. The molecule has 1 N–H and O–H groups in total. The number of imide groups is 1. The van der Waals surface area contributed by atoms with E-state index in [-0.39, 0.29) is 11.9 Å². The number of amides is 3. The minimum absolute atomic E-state index is 0.203. The number of nitrogens with one attached hydrogen (secondary N) is 1. The molecular formula is C14H16N2O4. The highest BCUT2D eigenvalue weighted by Crippen LogP contribution is 2.30. The third-order valence-electron chi connectivity index (χ3n) is 3.42. The van der Waals surface area contributed by atoms with E-state index in [1.165, 1.54) is 0 Å². The Hall–Kier alpha value is -2.24. The van der Waals surface area contributed by atoms with Gasteiger partial charge in [-0.25, -0.2) is 4.79 Å². The average molecular weight is 276 g/mol. The van der Waals surface area contributed by atoms with E-state index in [0.29, 0.717) is 32.7 Å². The average Bonchev–Trinajstić information content (AvgIpc) is 2.46. The van der Waals surface area contributed by atoms with E-state index in [1.807, 2.05) is 18.2 Å². The van der Waals surface area contributed by atoms with Crippen LogP contribution in [-0.2, 0) is 11.2 Å². The largest absolute Gasteiger partial charge is 0.486 e. The quantitative estimate of drug-likeness (QED) is 0.892. The molecule has 1 aromatic carbocycles. The second kappa shape index (κ2) is 5.40. The lowest BCUT2D eigenvalue weighted by Crippen LogP contribution is -2.49. The first-order valence-corrected chi connectivity index (χ1v) is 6.70. The zero-order valence-electron chi connectivity index (χ0n) is 11.1. The van der Waals surface area contributed by atoms with Crippen LogP contribution in [0.25, 0.3) is 0 Å². The molecule has 0 bridgehead atoms. The predicted molar refractivity (Wildman–Crippen MR) is 70.9 cm³/mol. The molecule has 3 amide bonds. The fraction of sp³-hybridized carbons (Fsp3) is 0.429. The van der Waals surface area contributed by atoms with Crippen LogP contribution in [0.2, 0.25) is 0 Å². The Bertz CT molecular complexity index is 544. The van der Waals surface area contributed by atoms with Crippen molar-refractivity contribution < 1.29 is 19.1 Å². The molecule has 106 valence electrons. The van der Waals surface area contributed by atoms with Gasteiger partial charge in [0.1, 0.15) is 13.2 Å². The molecule has 1 saturated heterocycles. The number of urea groups is 1. The van der Waals surface area contributed by atoms with Crippen molar-refractivity contribution in [1.82, 2.24) is 10.2 Å². The smallest absolute Gasteiger partial charge is 0.324 e. The Morgan fingerprint density at radius 2 is 1.95 bits per heavy atom. The number of fused-ring (bicyclic) bond motifs is 1. The van der Waals surface area contributed by atoms with E-state index in [4.69, 9.17) is 9.47 Å². The standard InChI is InChI=1S/C14H16N2O4/c17-13-4-6-16(14(18)15-13)5-3-10-1-2-11-12(9-10)20-8-7-19-11/h1-2,9H,3-8H2,(H,15,17,18). The highest BCUT2D eigenvalue weighted by atomic mass is 16.6. The van der Waals surface area contributed by atoms with Gasteiger partial charge >= 0.3 is 6.03 Å². The van der Waals surface area contributed by atoms with Crippen LogP contribution in [0.15, 0.2) is 18.2 Å². The second-order valence-corrected chi connectivity index (χ2v) is 4.82. The van der Waals surface area contributed by atoms with Crippen molar-refractivity contribution in [2.75, 3.05) is 26.3 Å². The van der Waals surface area contributed by atoms with Gasteiger partial charge in [-0.2, -0.15) is 0 Å². The van der Waals surface area contributed by atoms with Crippen molar-refractivity contribution in [3.05, 3.63) is 23.8 Å². The molecule has 2 aliphatic rings. The van der Waals surface area contributed by atoms with Crippen molar-refractivity contribution in [1.29, 1.82) is 0 Å². The molecule has 3 rings (SSSR count). The van der Waals surface area contributed by atoms with Crippen LogP contribution in [0.5, 0.6) is 11.5 Å². The van der Waals surface area contributed by atoms with Gasteiger partial charge in [-0.15, -0.1) is 0 Å². The number of nitrogens with zero attached hydrogens (tertiary/aromatic N) is 1. The number of carbonyl (C=O) groups is 2. The molecule has 0 saturated carbocycles. The molecule has 0 aliphatic carbocycles. The maximum absolute atomic E-state index is 11.6. The molecular weight excluding hydrogens is 260 g/mol. The summed E-state index contributed by atoms with van der Waals surface area (Å²) in [6.07, 6.45) is 1.09. The fourth-order valence-corrected chi connectivity index (χ4v) is 2.32. The van der Waals surface area contributed by atoms with E-state index in [1.54, 1.807) is 4.90 Å². The minimum atomic E-state index is -0.307. The number of rotatable bonds is 3. The molecule has 0 atom stereocenters.